The largest absolute Gasteiger partial charge is 0.354 e. The third kappa shape index (κ3) is 3.45. The van der Waals surface area contributed by atoms with Crippen LogP contribution in [0.1, 0.15) is 18.9 Å². The number of benzene rings is 1. The number of ketones is 1. The van der Waals surface area contributed by atoms with Gasteiger partial charge in [-0.3, -0.25) is 9.59 Å². The molecule has 3 atom stereocenters. The predicted octanol–water partition coefficient (Wildman–Crippen LogP) is 1.71. The number of nitrogens with one attached hydrogen (secondary N) is 1. The van der Waals surface area contributed by atoms with Gasteiger partial charge in [-0.2, -0.15) is 5.26 Å². The Morgan fingerprint density at radius 1 is 1.40 bits per heavy atom. The van der Waals surface area contributed by atoms with E-state index >= 15 is 0 Å². The second-order valence-electron chi connectivity index (χ2n) is 5.31. The van der Waals surface area contributed by atoms with E-state index in [1.807, 2.05) is 43.3 Å². The summed E-state index contributed by atoms with van der Waals surface area (Å²) in [4.78, 5) is 23.8. The fraction of sp³-hybridized carbons (Fsp3) is 0.438. The Morgan fingerprint density at radius 3 is 2.60 bits per heavy atom. The van der Waals surface area contributed by atoms with Gasteiger partial charge in [0, 0.05) is 12.5 Å². The molecule has 0 spiro atoms. The lowest BCUT2D eigenvalue weighted by molar-refractivity contribution is -0.132. The SMILES string of the molecule is CC1CC1C(=O)C(C#N)C(=O)NCCc1ccccc1. The van der Waals surface area contributed by atoms with Crippen LogP contribution in [0.5, 0.6) is 0 Å². The van der Waals surface area contributed by atoms with Crippen molar-refractivity contribution in [3.8, 4) is 6.07 Å². The molecule has 1 aromatic carbocycles. The van der Waals surface area contributed by atoms with Gasteiger partial charge < -0.3 is 5.32 Å². The van der Waals surface area contributed by atoms with Crippen LogP contribution in [0.3, 0.4) is 0 Å². The van der Waals surface area contributed by atoms with Crippen molar-refractivity contribution >= 4 is 11.7 Å². The van der Waals surface area contributed by atoms with Gasteiger partial charge in [0.1, 0.15) is 0 Å². The lowest BCUT2D eigenvalue weighted by atomic mass is 10.00. The van der Waals surface area contributed by atoms with Gasteiger partial charge in [0.25, 0.3) is 0 Å². The van der Waals surface area contributed by atoms with Crippen LogP contribution in [-0.2, 0) is 16.0 Å². The monoisotopic (exact) mass is 270 g/mol. The van der Waals surface area contributed by atoms with E-state index in [1.54, 1.807) is 0 Å². The fourth-order valence-corrected chi connectivity index (χ4v) is 2.26. The maximum atomic E-state index is 11.9. The second-order valence-corrected chi connectivity index (χ2v) is 5.31. The Kier molecular flexibility index (Phi) is 4.52. The number of carbonyl (C=O) groups excluding carboxylic acids is 2. The van der Waals surface area contributed by atoms with Crippen molar-refractivity contribution in [2.75, 3.05) is 6.54 Å². The van der Waals surface area contributed by atoms with Gasteiger partial charge in [-0.1, -0.05) is 37.3 Å². The van der Waals surface area contributed by atoms with Crippen LogP contribution in [-0.4, -0.2) is 18.2 Å². The molecule has 4 nitrogen and oxygen atoms in total. The summed E-state index contributed by atoms with van der Waals surface area (Å²) in [5.74, 6) is -1.62. The van der Waals surface area contributed by atoms with Gasteiger partial charge in [0.2, 0.25) is 5.91 Å². The minimum Gasteiger partial charge on any atom is -0.354 e. The third-order valence-electron chi connectivity index (χ3n) is 3.71. The molecule has 1 aromatic rings. The first-order valence-electron chi connectivity index (χ1n) is 6.88. The first-order valence-corrected chi connectivity index (χ1v) is 6.88. The molecule has 104 valence electrons. The molecule has 1 N–H and O–H groups in total. The fourth-order valence-electron chi connectivity index (χ4n) is 2.26. The number of nitriles is 1. The Hall–Kier alpha value is -2.15. The van der Waals surface area contributed by atoms with Crippen molar-refractivity contribution in [3.63, 3.8) is 0 Å². The average molecular weight is 270 g/mol. The predicted molar refractivity (Wildman–Crippen MR) is 74.5 cm³/mol. The van der Waals surface area contributed by atoms with E-state index in [9.17, 15) is 9.59 Å². The Bertz CT molecular complexity index is 533. The number of nitrogens with zero attached hydrogens (tertiary/aromatic N) is 1. The zero-order chi connectivity index (χ0) is 14.5. The van der Waals surface area contributed by atoms with Gasteiger partial charge in [-0.05, 0) is 24.3 Å². The van der Waals surface area contributed by atoms with E-state index in [1.165, 1.54) is 0 Å². The van der Waals surface area contributed by atoms with Crippen molar-refractivity contribution in [1.29, 1.82) is 5.26 Å². The lowest BCUT2D eigenvalue weighted by Crippen LogP contribution is -2.36. The molecule has 1 aliphatic rings. The smallest absolute Gasteiger partial charge is 0.245 e. The van der Waals surface area contributed by atoms with Gasteiger partial charge in [-0.15, -0.1) is 0 Å². The van der Waals surface area contributed by atoms with Crippen molar-refractivity contribution < 1.29 is 9.59 Å². The molecule has 0 radical (unpaired) electrons. The Balaban J connectivity index is 1.81. The number of carbonyl (C=O) groups is 2. The van der Waals surface area contributed by atoms with Crippen LogP contribution < -0.4 is 5.32 Å². The number of Topliss-reactive ketones (excluding diaryl/α,β-unsaturated/α-hetero) is 1. The van der Waals surface area contributed by atoms with Crippen LogP contribution in [0.25, 0.3) is 0 Å². The molecule has 0 saturated heterocycles. The van der Waals surface area contributed by atoms with Gasteiger partial charge in [0.05, 0.1) is 6.07 Å². The molecule has 1 amide bonds. The van der Waals surface area contributed by atoms with Crippen LogP contribution in [0.4, 0.5) is 0 Å². The normalized spacial score (nSPS) is 21.6. The van der Waals surface area contributed by atoms with E-state index < -0.39 is 11.8 Å². The molecule has 0 bridgehead atoms. The highest BCUT2D eigenvalue weighted by molar-refractivity contribution is 6.05. The Labute approximate surface area is 118 Å². The summed E-state index contributed by atoms with van der Waals surface area (Å²) in [6.07, 6.45) is 1.49. The molecule has 3 unspecified atom stereocenters. The lowest BCUT2D eigenvalue weighted by Gasteiger charge is -2.09. The summed E-state index contributed by atoms with van der Waals surface area (Å²) in [6.45, 7) is 2.40. The van der Waals surface area contributed by atoms with E-state index in [0.29, 0.717) is 18.9 Å². The van der Waals surface area contributed by atoms with E-state index in [2.05, 4.69) is 5.32 Å². The summed E-state index contributed by atoms with van der Waals surface area (Å²) in [6, 6.07) is 11.6. The van der Waals surface area contributed by atoms with Crippen molar-refractivity contribution in [2.24, 2.45) is 17.8 Å². The molecule has 1 fully saturated rings. The summed E-state index contributed by atoms with van der Waals surface area (Å²) < 4.78 is 0. The molecular formula is C16H18N2O2. The topological polar surface area (TPSA) is 70.0 Å². The molecule has 0 aromatic heterocycles. The van der Waals surface area contributed by atoms with Gasteiger partial charge >= 0.3 is 0 Å². The highest BCUT2D eigenvalue weighted by Gasteiger charge is 2.44. The number of hydrogen-bond donors (Lipinski definition) is 1. The molecule has 2 rings (SSSR count). The maximum absolute atomic E-state index is 11.9. The van der Waals surface area contributed by atoms with Crippen LogP contribution in [0, 0.1) is 29.1 Å². The summed E-state index contributed by atoms with van der Waals surface area (Å²) in [5, 5.41) is 11.7. The second kappa shape index (κ2) is 6.33. The van der Waals surface area contributed by atoms with Crippen molar-refractivity contribution in [1.82, 2.24) is 5.32 Å². The summed E-state index contributed by atoms with van der Waals surface area (Å²) in [7, 11) is 0. The molecule has 0 heterocycles. The van der Waals surface area contributed by atoms with Crippen LogP contribution >= 0.6 is 0 Å². The van der Waals surface area contributed by atoms with E-state index in [0.717, 1.165) is 12.0 Å². The first kappa shape index (κ1) is 14.3. The summed E-state index contributed by atoms with van der Waals surface area (Å²) >= 11 is 0. The molecule has 1 aliphatic carbocycles. The van der Waals surface area contributed by atoms with Gasteiger partial charge in [-0.25, -0.2) is 0 Å². The minimum absolute atomic E-state index is 0.0977. The molecule has 0 aliphatic heterocycles. The van der Waals surface area contributed by atoms with E-state index in [-0.39, 0.29) is 11.7 Å². The minimum atomic E-state index is -1.15. The van der Waals surface area contributed by atoms with Crippen molar-refractivity contribution in [3.05, 3.63) is 35.9 Å². The van der Waals surface area contributed by atoms with Crippen LogP contribution in [0.15, 0.2) is 30.3 Å². The van der Waals surface area contributed by atoms with Gasteiger partial charge in [0.15, 0.2) is 11.7 Å². The van der Waals surface area contributed by atoms with Crippen LogP contribution in [0.2, 0.25) is 0 Å². The number of hydrogen-bond acceptors (Lipinski definition) is 3. The quantitative estimate of drug-likeness (QED) is 0.800. The zero-order valence-electron chi connectivity index (χ0n) is 11.5. The molecule has 4 heteroatoms. The number of rotatable bonds is 6. The molecule has 1 saturated carbocycles. The highest BCUT2D eigenvalue weighted by atomic mass is 16.2. The maximum Gasteiger partial charge on any atom is 0.245 e. The Morgan fingerprint density at radius 2 is 2.05 bits per heavy atom. The first-order chi connectivity index (χ1) is 9.63. The summed E-state index contributed by atoms with van der Waals surface area (Å²) in [5.41, 5.74) is 1.11. The highest BCUT2D eigenvalue weighted by Crippen LogP contribution is 2.40. The van der Waals surface area contributed by atoms with E-state index in [4.69, 9.17) is 5.26 Å². The van der Waals surface area contributed by atoms with Crippen molar-refractivity contribution in [2.45, 2.75) is 19.8 Å². The molecule has 20 heavy (non-hydrogen) atoms. The third-order valence-corrected chi connectivity index (χ3v) is 3.71. The zero-order valence-corrected chi connectivity index (χ0v) is 11.5. The number of amides is 1. The standard InChI is InChI=1S/C16H18N2O2/c1-11-9-13(11)15(19)14(10-17)16(20)18-8-7-12-5-3-2-4-6-12/h2-6,11,13-14H,7-9H2,1H3,(H,18,20). The molecular weight excluding hydrogens is 252 g/mol. The average Bonchev–Trinajstić information content (AvgIpc) is 3.18.